The maximum atomic E-state index is 12.7. The molecule has 0 spiro atoms. The minimum absolute atomic E-state index is 0. The molecule has 7 nitrogen and oxygen atoms in total. The van der Waals surface area contributed by atoms with Gasteiger partial charge >= 0.3 is 0 Å². The fraction of sp³-hybridized carbons (Fsp3) is 0.667. The van der Waals surface area contributed by atoms with Crippen molar-refractivity contribution in [2.75, 3.05) is 44.7 Å². The Morgan fingerprint density at radius 1 is 1.36 bits per heavy atom. The van der Waals surface area contributed by atoms with Crippen LogP contribution in [0.25, 0.3) is 0 Å². The summed E-state index contributed by atoms with van der Waals surface area (Å²) in [4.78, 5) is 17.6. The van der Waals surface area contributed by atoms with E-state index in [0.717, 1.165) is 37.4 Å². The zero-order chi connectivity index (χ0) is 17.2. The summed E-state index contributed by atoms with van der Waals surface area (Å²) < 4.78 is 26.8. The first-order valence-corrected chi connectivity index (χ1v) is 10.9. The highest BCUT2D eigenvalue weighted by Crippen LogP contribution is 2.23. The summed E-state index contributed by atoms with van der Waals surface area (Å²) in [6.07, 6.45) is 3.40. The van der Waals surface area contributed by atoms with Gasteiger partial charge in [0.1, 0.15) is 10.6 Å². The molecule has 2 N–H and O–H groups in total. The highest BCUT2D eigenvalue weighted by atomic mass is 35.5. The number of aromatic nitrogens is 1. The van der Waals surface area contributed by atoms with Gasteiger partial charge in [-0.15, -0.1) is 12.4 Å². The zero-order valence-corrected chi connectivity index (χ0v) is 16.7. The topological polar surface area (TPSA) is 85.5 Å². The summed E-state index contributed by atoms with van der Waals surface area (Å²) in [5, 5.41) is 3.11. The molecule has 2 aliphatic heterocycles. The van der Waals surface area contributed by atoms with Crippen LogP contribution in [0.2, 0.25) is 0 Å². The second kappa shape index (κ2) is 8.77. The first-order chi connectivity index (χ1) is 11.5. The Morgan fingerprint density at radius 2 is 2.08 bits per heavy atom. The van der Waals surface area contributed by atoms with E-state index < -0.39 is 10.0 Å². The Bertz CT molecular complexity index is 689. The molecular weight excluding hydrogens is 384 g/mol. The quantitative estimate of drug-likeness (QED) is 0.759. The molecule has 1 amide bonds. The van der Waals surface area contributed by atoms with E-state index in [0.29, 0.717) is 18.8 Å². The van der Waals surface area contributed by atoms with Crippen molar-refractivity contribution >= 4 is 40.1 Å². The number of amides is 1. The minimum Gasteiger partial charge on any atom is -0.356 e. The van der Waals surface area contributed by atoms with Crippen LogP contribution in [-0.2, 0) is 10.0 Å². The fourth-order valence-corrected chi connectivity index (χ4v) is 5.86. The molecule has 0 bridgehead atoms. The largest absolute Gasteiger partial charge is 0.356 e. The number of sulfonamides is 1. The number of rotatable bonds is 5. The van der Waals surface area contributed by atoms with E-state index in [1.54, 1.807) is 11.8 Å². The third kappa shape index (κ3) is 4.33. The average Bonchev–Trinajstić information content (AvgIpc) is 3.25. The van der Waals surface area contributed by atoms with Crippen LogP contribution >= 0.6 is 24.2 Å². The number of nitrogens with one attached hydrogen (secondary N) is 2. The van der Waals surface area contributed by atoms with Crippen molar-refractivity contribution < 1.29 is 13.2 Å². The van der Waals surface area contributed by atoms with E-state index >= 15 is 0 Å². The van der Waals surface area contributed by atoms with Gasteiger partial charge in [0.2, 0.25) is 10.0 Å². The SMILES string of the molecule is CNCC1CCCN1C(=O)c1cc(S(=O)(=O)N2CCSCC2)c[nH]1.Cl. The number of thioether (sulfide) groups is 1. The Morgan fingerprint density at radius 3 is 2.76 bits per heavy atom. The summed E-state index contributed by atoms with van der Waals surface area (Å²) in [5.74, 6) is 1.51. The number of H-pyrrole nitrogens is 1. The minimum atomic E-state index is -3.52. The van der Waals surface area contributed by atoms with E-state index in [2.05, 4.69) is 10.3 Å². The van der Waals surface area contributed by atoms with Crippen molar-refractivity contribution in [3.05, 3.63) is 18.0 Å². The molecule has 2 fully saturated rings. The molecular formula is C15H25ClN4O3S2. The molecule has 0 saturated carbocycles. The van der Waals surface area contributed by atoms with Crippen LogP contribution in [0, 0.1) is 0 Å². The van der Waals surface area contributed by atoms with E-state index in [-0.39, 0.29) is 29.3 Å². The van der Waals surface area contributed by atoms with Gasteiger partial charge in [0.15, 0.2) is 0 Å². The van der Waals surface area contributed by atoms with E-state index in [9.17, 15) is 13.2 Å². The van der Waals surface area contributed by atoms with E-state index in [1.165, 1.54) is 16.6 Å². The average molecular weight is 409 g/mol. The Labute approximate surface area is 159 Å². The molecule has 1 aromatic heterocycles. The molecule has 1 aromatic rings. The van der Waals surface area contributed by atoms with Gasteiger partial charge in [0, 0.05) is 49.9 Å². The number of likely N-dealkylation sites (N-methyl/N-ethyl adjacent to an activating group) is 1. The first kappa shape index (κ1) is 20.6. The van der Waals surface area contributed by atoms with Gasteiger partial charge in [-0.25, -0.2) is 8.42 Å². The second-order valence-corrected chi connectivity index (χ2v) is 9.28. The zero-order valence-electron chi connectivity index (χ0n) is 14.2. The predicted octanol–water partition coefficient (Wildman–Crippen LogP) is 0.998. The van der Waals surface area contributed by atoms with Crippen molar-refractivity contribution in [2.24, 2.45) is 0 Å². The maximum absolute atomic E-state index is 12.7. The lowest BCUT2D eigenvalue weighted by molar-refractivity contribution is 0.0731. The number of hydrogen-bond donors (Lipinski definition) is 2. The summed E-state index contributed by atoms with van der Waals surface area (Å²) in [6, 6.07) is 1.65. The van der Waals surface area contributed by atoms with Gasteiger partial charge in [-0.05, 0) is 26.0 Å². The van der Waals surface area contributed by atoms with Crippen molar-refractivity contribution in [2.45, 2.75) is 23.8 Å². The molecule has 3 heterocycles. The third-order valence-corrected chi connectivity index (χ3v) is 7.39. The number of halogens is 1. The molecule has 0 aromatic carbocycles. The van der Waals surface area contributed by atoms with Crippen LogP contribution in [0.3, 0.4) is 0 Å². The summed E-state index contributed by atoms with van der Waals surface area (Å²) in [6.45, 7) is 2.52. The molecule has 10 heteroatoms. The molecule has 2 saturated heterocycles. The molecule has 0 aliphatic carbocycles. The standard InChI is InChI=1S/C15H24N4O3S2.ClH/c1-16-10-12-3-2-4-19(12)15(20)14-9-13(11-17-14)24(21,22)18-5-7-23-8-6-18;/h9,11-12,16-17H,2-8,10H2,1H3;1H. The van der Waals surface area contributed by atoms with Crippen molar-refractivity contribution in [3.63, 3.8) is 0 Å². The summed E-state index contributed by atoms with van der Waals surface area (Å²) in [7, 11) is -1.64. The Hall–Kier alpha value is -0.740. The van der Waals surface area contributed by atoms with Gasteiger partial charge < -0.3 is 15.2 Å². The van der Waals surface area contributed by atoms with E-state index in [4.69, 9.17) is 0 Å². The fourth-order valence-electron chi connectivity index (χ4n) is 3.29. The molecule has 1 atom stereocenters. The lowest BCUT2D eigenvalue weighted by Crippen LogP contribution is -2.41. The first-order valence-electron chi connectivity index (χ1n) is 8.26. The van der Waals surface area contributed by atoms with Gasteiger partial charge in [-0.1, -0.05) is 0 Å². The normalized spacial score (nSPS) is 22.0. The van der Waals surface area contributed by atoms with Crippen LogP contribution in [0.15, 0.2) is 17.2 Å². The van der Waals surface area contributed by atoms with Gasteiger partial charge in [0.05, 0.1) is 0 Å². The van der Waals surface area contributed by atoms with Gasteiger partial charge in [0.25, 0.3) is 5.91 Å². The number of aromatic amines is 1. The smallest absolute Gasteiger partial charge is 0.270 e. The van der Waals surface area contributed by atoms with Crippen molar-refractivity contribution in [1.29, 1.82) is 0 Å². The predicted molar refractivity (Wildman–Crippen MR) is 102 cm³/mol. The maximum Gasteiger partial charge on any atom is 0.270 e. The Balaban J connectivity index is 0.00000225. The van der Waals surface area contributed by atoms with Crippen LogP contribution in [-0.4, -0.2) is 79.3 Å². The number of nitrogens with zero attached hydrogens (tertiary/aromatic N) is 2. The molecule has 2 aliphatic rings. The van der Waals surface area contributed by atoms with Crippen molar-refractivity contribution in [3.8, 4) is 0 Å². The monoisotopic (exact) mass is 408 g/mol. The van der Waals surface area contributed by atoms with Crippen molar-refractivity contribution in [1.82, 2.24) is 19.5 Å². The lowest BCUT2D eigenvalue weighted by atomic mass is 10.2. The molecule has 0 radical (unpaired) electrons. The summed E-state index contributed by atoms with van der Waals surface area (Å²) in [5.41, 5.74) is 0.350. The number of carbonyl (C=O) groups excluding carboxylic acids is 1. The number of likely N-dealkylation sites (tertiary alicyclic amines) is 1. The number of carbonyl (C=O) groups is 1. The summed E-state index contributed by atoms with van der Waals surface area (Å²) >= 11 is 1.76. The molecule has 25 heavy (non-hydrogen) atoms. The highest BCUT2D eigenvalue weighted by Gasteiger charge is 2.32. The van der Waals surface area contributed by atoms with Crippen LogP contribution < -0.4 is 5.32 Å². The van der Waals surface area contributed by atoms with Crippen LogP contribution in [0.4, 0.5) is 0 Å². The lowest BCUT2D eigenvalue weighted by Gasteiger charge is -2.25. The van der Waals surface area contributed by atoms with Crippen LogP contribution in [0.5, 0.6) is 0 Å². The Kier molecular flexibility index (Phi) is 7.21. The second-order valence-electron chi connectivity index (χ2n) is 6.12. The number of hydrogen-bond acceptors (Lipinski definition) is 5. The molecule has 142 valence electrons. The molecule has 3 rings (SSSR count). The van der Waals surface area contributed by atoms with E-state index in [1.807, 2.05) is 11.9 Å². The van der Waals surface area contributed by atoms with Crippen LogP contribution in [0.1, 0.15) is 23.3 Å². The van der Waals surface area contributed by atoms with Gasteiger partial charge in [-0.3, -0.25) is 4.79 Å². The van der Waals surface area contributed by atoms with Gasteiger partial charge in [-0.2, -0.15) is 16.1 Å². The third-order valence-electron chi connectivity index (χ3n) is 4.57. The highest BCUT2D eigenvalue weighted by molar-refractivity contribution is 7.99. The molecule has 1 unspecified atom stereocenters.